The minimum Gasteiger partial charge on any atom is -0.381 e. The maximum absolute atomic E-state index is 11.9. The Morgan fingerprint density at radius 3 is 2.52 bits per heavy atom. The SMILES string of the molecule is Cc1ccc(S(=O)(=O)OCC#CCC2CCOCC2)cc1. The fourth-order valence-electron chi connectivity index (χ4n) is 2.10. The van der Waals surface area contributed by atoms with E-state index in [2.05, 4.69) is 11.8 Å². The zero-order valence-electron chi connectivity index (χ0n) is 12.2. The molecule has 5 heteroatoms. The topological polar surface area (TPSA) is 52.6 Å². The van der Waals surface area contributed by atoms with Crippen LogP contribution in [-0.4, -0.2) is 28.2 Å². The number of rotatable bonds is 4. The van der Waals surface area contributed by atoms with Gasteiger partial charge in [0.25, 0.3) is 10.1 Å². The Morgan fingerprint density at radius 2 is 1.86 bits per heavy atom. The number of hydrogen-bond acceptors (Lipinski definition) is 4. The van der Waals surface area contributed by atoms with Crippen LogP contribution in [0.3, 0.4) is 0 Å². The molecule has 0 N–H and O–H groups in total. The van der Waals surface area contributed by atoms with Crippen LogP contribution in [0.4, 0.5) is 0 Å². The fraction of sp³-hybridized carbons (Fsp3) is 0.500. The van der Waals surface area contributed by atoms with E-state index in [9.17, 15) is 8.42 Å². The van der Waals surface area contributed by atoms with Crippen LogP contribution >= 0.6 is 0 Å². The van der Waals surface area contributed by atoms with E-state index in [4.69, 9.17) is 8.92 Å². The van der Waals surface area contributed by atoms with Crippen molar-refractivity contribution in [3.63, 3.8) is 0 Å². The van der Waals surface area contributed by atoms with Crippen molar-refractivity contribution in [1.82, 2.24) is 0 Å². The molecule has 0 radical (unpaired) electrons. The monoisotopic (exact) mass is 308 g/mol. The van der Waals surface area contributed by atoms with Gasteiger partial charge in [0, 0.05) is 19.6 Å². The first-order valence-corrected chi connectivity index (χ1v) is 8.48. The molecule has 0 bridgehead atoms. The van der Waals surface area contributed by atoms with Gasteiger partial charge in [-0.25, -0.2) is 0 Å². The van der Waals surface area contributed by atoms with Crippen molar-refractivity contribution in [3.8, 4) is 11.8 Å². The number of aryl methyl sites for hydroxylation is 1. The van der Waals surface area contributed by atoms with Gasteiger partial charge in [0.05, 0.1) is 4.90 Å². The molecule has 1 aromatic carbocycles. The summed E-state index contributed by atoms with van der Waals surface area (Å²) >= 11 is 0. The second kappa shape index (κ2) is 7.60. The fourth-order valence-corrected chi connectivity index (χ4v) is 2.92. The van der Waals surface area contributed by atoms with E-state index in [1.165, 1.54) is 0 Å². The van der Waals surface area contributed by atoms with Crippen molar-refractivity contribution in [3.05, 3.63) is 29.8 Å². The van der Waals surface area contributed by atoms with E-state index in [0.29, 0.717) is 5.92 Å². The molecule has 1 aliphatic rings. The minimum absolute atomic E-state index is 0.0978. The molecule has 21 heavy (non-hydrogen) atoms. The summed E-state index contributed by atoms with van der Waals surface area (Å²) in [5.41, 5.74) is 1.00. The summed E-state index contributed by atoms with van der Waals surface area (Å²) in [6.07, 6.45) is 2.83. The van der Waals surface area contributed by atoms with E-state index in [0.717, 1.165) is 38.0 Å². The second-order valence-electron chi connectivity index (χ2n) is 5.14. The molecule has 4 nitrogen and oxygen atoms in total. The molecule has 1 fully saturated rings. The average Bonchev–Trinajstić information content (AvgIpc) is 2.48. The molecule has 0 amide bonds. The van der Waals surface area contributed by atoms with Crippen LogP contribution < -0.4 is 0 Å². The van der Waals surface area contributed by atoms with E-state index in [-0.39, 0.29) is 11.5 Å². The number of hydrogen-bond donors (Lipinski definition) is 0. The summed E-state index contributed by atoms with van der Waals surface area (Å²) in [7, 11) is -3.70. The van der Waals surface area contributed by atoms with Gasteiger partial charge in [0.1, 0.15) is 6.61 Å². The normalized spacial score (nSPS) is 16.2. The van der Waals surface area contributed by atoms with Crippen LogP contribution in [0.25, 0.3) is 0 Å². The lowest BCUT2D eigenvalue weighted by molar-refractivity contribution is 0.0678. The largest absolute Gasteiger partial charge is 0.381 e. The van der Waals surface area contributed by atoms with Gasteiger partial charge in [-0.3, -0.25) is 4.18 Å². The molecule has 0 atom stereocenters. The first-order valence-electron chi connectivity index (χ1n) is 7.07. The van der Waals surface area contributed by atoms with E-state index < -0.39 is 10.1 Å². The zero-order chi connectivity index (χ0) is 15.1. The lowest BCUT2D eigenvalue weighted by Crippen LogP contribution is -2.14. The van der Waals surface area contributed by atoms with Gasteiger partial charge >= 0.3 is 0 Å². The van der Waals surface area contributed by atoms with Crippen LogP contribution in [-0.2, 0) is 19.0 Å². The van der Waals surface area contributed by atoms with Gasteiger partial charge in [-0.15, -0.1) is 5.92 Å². The highest BCUT2D eigenvalue weighted by Crippen LogP contribution is 2.17. The highest BCUT2D eigenvalue weighted by molar-refractivity contribution is 7.86. The van der Waals surface area contributed by atoms with Crippen LogP contribution in [0.1, 0.15) is 24.8 Å². The average molecular weight is 308 g/mol. The van der Waals surface area contributed by atoms with Gasteiger partial charge in [-0.05, 0) is 37.8 Å². The molecular formula is C16H20O4S. The molecule has 2 rings (SSSR count). The van der Waals surface area contributed by atoms with Crippen molar-refractivity contribution in [2.45, 2.75) is 31.1 Å². The quantitative estimate of drug-likeness (QED) is 0.633. The molecule has 0 aromatic heterocycles. The second-order valence-corrected chi connectivity index (χ2v) is 6.76. The Labute approximate surface area is 126 Å². The van der Waals surface area contributed by atoms with Crippen molar-refractivity contribution in [2.24, 2.45) is 5.92 Å². The molecule has 1 aliphatic heterocycles. The van der Waals surface area contributed by atoms with Crippen LogP contribution in [0.15, 0.2) is 29.2 Å². The predicted molar refractivity (Wildman–Crippen MR) is 80.3 cm³/mol. The first-order chi connectivity index (χ1) is 10.1. The molecule has 0 unspecified atom stereocenters. The highest BCUT2D eigenvalue weighted by Gasteiger charge is 2.14. The molecule has 1 aromatic rings. The van der Waals surface area contributed by atoms with E-state index in [1.807, 2.05) is 6.92 Å². The molecule has 114 valence electrons. The Morgan fingerprint density at radius 1 is 1.19 bits per heavy atom. The summed E-state index contributed by atoms with van der Waals surface area (Å²) in [4.78, 5) is 0.166. The summed E-state index contributed by atoms with van der Waals surface area (Å²) in [6, 6.07) is 6.57. The van der Waals surface area contributed by atoms with Crippen molar-refractivity contribution >= 4 is 10.1 Å². The Kier molecular flexibility index (Phi) is 5.80. The molecule has 0 aliphatic carbocycles. The maximum Gasteiger partial charge on any atom is 0.297 e. The summed E-state index contributed by atoms with van der Waals surface area (Å²) in [5, 5.41) is 0. The van der Waals surface area contributed by atoms with Crippen LogP contribution in [0, 0.1) is 24.7 Å². The standard InChI is InChI=1S/C16H20O4S/c1-14-5-7-16(8-6-14)21(17,18)20-11-3-2-4-15-9-12-19-13-10-15/h5-8,15H,4,9-13H2,1H3. The lowest BCUT2D eigenvalue weighted by atomic mass is 9.97. The van der Waals surface area contributed by atoms with Crippen molar-refractivity contribution in [2.75, 3.05) is 19.8 Å². The van der Waals surface area contributed by atoms with Crippen molar-refractivity contribution in [1.29, 1.82) is 0 Å². The van der Waals surface area contributed by atoms with Crippen LogP contribution in [0.5, 0.6) is 0 Å². The zero-order valence-corrected chi connectivity index (χ0v) is 13.0. The molecule has 1 saturated heterocycles. The van der Waals surface area contributed by atoms with E-state index >= 15 is 0 Å². The Bertz CT molecular complexity index is 602. The predicted octanol–water partition coefficient (Wildman–Crippen LogP) is 2.52. The third-order valence-corrected chi connectivity index (χ3v) is 4.73. The smallest absolute Gasteiger partial charge is 0.297 e. The van der Waals surface area contributed by atoms with Gasteiger partial charge in [0.15, 0.2) is 0 Å². The molecule has 0 spiro atoms. The number of ether oxygens (including phenoxy) is 1. The number of benzene rings is 1. The molecule has 1 heterocycles. The van der Waals surface area contributed by atoms with Crippen LogP contribution in [0.2, 0.25) is 0 Å². The Hall–Kier alpha value is -1.35. The summed E-state index contributed by atoms with van der Waals surface area (Å²) in [5.74, 6) is 6.33. The van der Waals surface area contributed by atoms with Gasteiger partial charge in [-0.2, -0.15) is 8.42 Å². The highest BCUT2D eigenvalue weighted by atomic mass is 32.2. The Balaban J connectivity index is 1.81. The lowest BCUT2D eigenvalue weighted by Gasteiger charge is -2.19. The third-order valence-electron chi connectivity index (χ3n) is 3.45. The minimum atomic E-state index is -3.70. The summed E-state index contributed by atoms with van der Waals surface area (Å²) in [6.45, 7) is 3.40. The first kappa shape index (κ1) is 16.0. The molecule has 0 saturated carbocycles. The van der Waals surface area contributed by atoms with Gasteiger partial charge in [-0.1, -0.05) is 23.6 Å². The third kappa shape index (κ3) is 5.16. The molecular weight excluding hydrogens is 288 g/mol. The summed E-state index contributed by atoms with van der Waals surface area (Å²) < 4.78 is 34.0. The van der Waals surface area contributed by atoms with E-state index in [1.54, 1.807) is 24.3 Å². The van der Waals surface area contributed by atoms with Crippen molar-refractivity contribution < 1.29 is 17.3 Å². The maximum atomic E-state index is 11.9. The van der Waals surface area contributed by atoms with Gasteiger partial charge < -0.3 is 4.74 Å². The van der Waals surface area contributed by atoms with Gasteiger partial charge in [0.2, 0.25) is 0 Å².